The summed E-state index contributed by atoms with van der Waals surface area (Å²) in [4.78, 5) is 6.76. The number of nitrogen functional groups attached to an aromatic ring is 1. The first-order valence-electron chi connectivity index (χ1n) is 6.10. The van der Waals surface area contributed by atoms with E-state index >= 15 is 0 Å². The number of benzene rings is 1. The van der Waals surface area contributed by atoms with Gasteiger partial charge in [0, 0.05) is 0 Å². The highest BCUT2D eigenvalue weighted by atomic mass is 16.3. The van der Waals surface area contributed by atoms with Crippen molar-refractivity contribution in [2.24, 2.45) is 0 Å². The van der Waals surface area contributed by atoms with Crippen LogP contribution in [0.4, 0.5) is 5.69 Å². The van der Waals surface area contributed by atoms with Gasteiger partial charge in [0.15, 0.2) is 5.58 Å². The molecule has 92 valence electrons. The lowest BCUT2D eigenvalue weighted by molar-refractivity contribution is 0.254. The highest BCUT2D eigenvalue weighted by Crippen LogP contribution is 2.21. The van der Waals surface area contributed by atoms with Crippen molar-refractivity contribution in [2.75, 3.05) is 18.8 Å². The van der Waals surface area contributed by atoms with E-state index in [9.17, 15) is 0 Å². The maximum Gasteiger partial charge on any atom is 0.209 e. The van der Waals surface area contributed by atoms with Crippen molar-refractivity contribution in [3.8, 4) is 0 Å². The predicted molar refractivity (Wildman–Crippen MR) is 69.7 cm³/mol. The summed E-state index contributed by atoms with van der Waals surface area (Å²) in [5.74, 6) is 0.744. The molecule has 0 saturated carbocycles. The van der Waals surface area contributed by atoms with Crippen LogP contribution in [0.2, 0.25) is 0 Å². The van der Waals surface area contributed by atoms with E-state index in [1.807, 2.05) is 18.2 Å². The monoisotopic (exact) mass is 233 g/mol. The third-order valence-electron chi connectivity index (χ3n) is 2.84. The van der Waals surface area contributed by atoms with Crippen LogP contribution in [-0.2, 0) is 6.54 Å². The molecule has 4 heteroatoms. The molecule has 0 atom stereocenters. The Hall–Kier alpha value is -1.55. The summed E-state index contributed by atoms with van der Waals surface area (Å²) in [6.07, 6.45) is 1.14. The van der Waals surface area contributed by atoms with Gasteiger partial charge in [-0.3, -0.25) is 4.90 Å². The minimum Gasteiger partial charge on any atom is -0.439 e. The Bertz CT molecular complexity index is 492. The first kappa shape index (κ1) is 11.9. The summed E-state index contributed by atoms with van der Waals surface area (Å²) in [6.45, 7) is 7.13. The maximum absolute atomic E-state index is 5.86. The van der Waals surface area contributed by atoms with E-state index in [0.717, 1.165) is 43.0 Å². The first-order valence-corrected chi connectivity index (χ1v) is 6.10. The predicted octanol–water partition coefficient (Wildman–Crippen LogP) is 2.64. The van der Waals surface area contributed by atoms with Crippen molar-refractivity contribution in [1.29, 1.82) is 0 Å². The number of oxazole rings is 1. The van der Waals surface area contributed by atoms with Gasteiger partial charge in [-0.05, 0) is 31.6 Å². The van der Waals surface area contributed by atoms with Gasteiger partial charge in [-0.2, -0.15) is 0 Å². The van der Waals surface area contributed by atoms with Crippen molar-refractivity contribution in [1.82, 2.24) is 9.88 Å². The molecule has 1 aromatic heterocycles. The highest BCUT2D eigenvalue weighted by molar-refractivity contribution is 5.85. The normalized spacial score (nSPS) is 11.5. The van der Waals surface area contributed by atoms with Gasteiger partial charge >= 0.3 is 0 Å². The Labute approximate surface area is 101 Å². The number of anilines is 1. The molecule has 1 heterocycles. The quantitative estimate of drug-likeness (QED) is 0.807. The number of nitrogens with two attached hydrogens (primary N) is 1. The second kappa shape index (κ2) is 5.19. The molecule has 2 N–H and O–H groups in total. The zero-order valence-electron chi connectivity index (χ0n) is 10.4. The molecule has 0 saturated heterocycles. The largest absolute Gasteiger partial charge is 0.439 e. The molecule has 0 spiro atoms. The number of hydrogen-bond acceptors (Lipinski definition) is 4. The van der Waals surface area contributed by atoms with Gasteiger partial charge in [0.1, 0.15) is 5.52 Å². The van der Waals surface area contributed by atoms with Crippen molar-refractivity contribution >= 4 is 16.8 Å². The van der Waals surface area contributed by atoms with Crippen LogP contribution in [0.15, 0.2) is 22.6 Å². The maximum atomic E-state index is 5.86. The van der Waals surface area contributed by atoms with Crippen LogP contribution in [0.3, 0.4) is 0 Å². The van der Waals surface area contributed by atoms with E-state index in [1.165, 1.54) is 0 Å². The van der Waals surface area contributed by atoms with Gasteiger partial charge in [0.25, 0.3) is 0 Å². The van der Waals surface area contributed by atoms with E-state index < -0.39 is 0 Å². The van der Waals surface area contributed by atoms with Crippen LogP contribution in [0.5, 0.6) is 0 Å². The smallest absolute Gasteiger partial charge is 0.209 e. The Morgan fingerprint density at radius 1 is 1.35 bits per heavy atom. The second-order valence-corrected chi connectivity index (χ2v) is 4.17. The standard InChI is InChI=1S/C13H19N3O/c1-3-8-16(4-2)9-12-15-13-10(14)6-5-7-11(13)17-12/h5-7H,3-4,8-9,14H2,1-2H3. The Morgan fingerprint density at radius 2 is 2.18 bits per heavy atom. The molecule has 0 aliphatic heterocycles. The average Bonchev–Trinajstić information content (AvgIpc) is 2.72. The SMILES string of the molecule is CCCN(CC)Cc1nc2c(N)cccc2o1. The Balaban J connectivity index is 2.21. The summed E-state index contributed by atoms with van der Waals surface area (Å²) in [5.41, 5.74) is 8.08. The van der Waals surface area contributed by atoms with Crippen molar-refractivity contribution in [3.05, 3.63) is 24.1 Å². The van der Waals surface area contributed by atoms with E-state index in [2.05, 4.69) is 23.7 Å². The Kier molecular flexibility index (Phi) is 3.64. The summed E-state index contributed by atoms with van der Waals surface area (Å²) >= 11 is 0. The van der Waals surface area contributed by atoms with Gasteiger partial charge in [-0.25, -0.2) is 4.98 Å². The molecular weight excluding hydrogens is 214 g/mol. The van der Waals surface area contributed by atoms with Crippen LogP contribution < -0.4 is 5.73 Å². The summed E-state index contributed by atoms with van der Waals surface area (Å²) in [5, 5.41) is 0. The highest BCUT2D eigenvalue weighted by Gasteiger charge is 2.10. The van der Waals surface area contributed by atoms with E-state index in [4.69, 9.17) is 10.2 Å². The molecule has 0 aliphatic rings. The number of aromatic nitrogens is 1. The fraction of sp³-hybridized carbons (Fsp3) is 0.462. The van der Waals surface area contributed by atoms with E-state index in [1.54, 1.807) is 0 Å². The van der Waals surface area contributed by atoms with Gasteiger partial charge < -0.3 is 10.2 Å². The van der Waals surface area contributed by atoms with Gasteiger partial charge in [0.05, 0.1) is 12.2 Å². The van der Waals surface area contributed by atoms with Crippen LogP contribution in [-0.4, -0.2) is 23.0 Å². The lowest BCUT2D eigenvalue weighted by Gasteiger charge is -2.16. The van der Waals surface area contributed by atoms with Gasteiger partial charge in [-0.15, -0.1) is 0 Å². The van der Waals surface area contributed by atoms with Crippen LogP contribution in [0.25, 0.3) is 11.1 Å². The van der Waals surface area contributed by atoms with Crippen molar-refractivity contribution < 1.29 is 4.42 Å². The number of para-hydroxylation sites is 1. The second-order valence-electron chi connectivity index (χ2n) is 4.17. The molecule has 4 nitrogen and oxygen atoms in total. The molecule has 17 heavy (non-hydrogen) atoms. The molecule has 0 aliphatic carbocycles. The molecule has 0 radical (unpaired) electrons. The lowest BCUT2D eigenvalue weighted by Crippen LogP contribution is -2.23. The topological polar surface area (TPSA) is 55.3 Å². The number of rotatable bonds is 5. The van der Waals surface area contributed by atoms with Crippen LogP contribution in [0, 0.1) is 0 Å². The zero-order valence-corrected chi connectivity index (χ0v) is 10.4. The molecule has 2 rings (SSSR count). The summed E-state index contributed by atoms with van der Waals surface area (Å²) < 4.78 is 5.69. The summed E-state index contributed by atoms with van der Waals surface area (Å²) in [6, 6.07) is 5.63. The van der Waals surface area contributed by atoms with Crippen molar-refractivity contribution in [2.45, 2.75) is 26.8 Å². The molecular formula is C13H19N3O. The number of nitrogens with zero attached hydrogens (tertiary/aromatic N) is 2. The molecule has 0 fully saturated rings. The fourth-order valence-corrected chi connectivity index (χ4v) is 1.94. The number of fused-ring (bicyclic) bond motifs is 1. The molecule has 0 unspecified atom stereocenters. The lowest BCUT2D eigenvalue weighted by atomic mass is 10.3. The third-order valence-corrected chi connectivity index (χ3v) is 2.84. The fourth-order valence-electron chi connectivity index (χ4n) is 1.94. The van der Waals surface area contributed by atoms with Crippen molar-refractivity contribution in [3.63, 3.8) is 0 Å². The minimum absolute atomic E-state index is 0.677. The number of hydrogen-bond donors (Lipinski definition) is 1. The first-order chi connectivity index (χ1) is 8.24. The van der Waals surface area contributed by atoms with Gasteiger partial charge in [-0.1, -0.05) is 19.9 Å². The Morgan fingerprint density at radius 3 is 2.82 bits per heavy atom. The molecule has 1 aromatic carbocycles. The molecule has 0 amide bonds. The zero-order chi connectivity index (χ0) is 12.3. The van der Waals surface area contributed by atoms with E-state index in [0.29, 0.717) is 5.69 Å². The molecule has 2 aromatic rings. The molecule has 0 bridgehead atoms. The van der Waals surface area contributed by atoms with Crippen LogP contribution in [0.1, 0.15) is 26.2 Å². The van der Waals surface area contributed by atoms with E-state index in [-0.39, 0.29) is 0 Å². The third kappa shape index (κ3) is 2.58. The average molecular weight is 233 g/mol. The van der Waals surface area contributed by atoms with Gasteiger partial charge in [0.2, 0.25) is 5.89 Å². The minimum atomic E-state index is 0.677. The summed E-state index contributed by atoms with van der Waals surface area (Å²) in [7, 11) is 0. The van der Waals surface area contributed by atoms with Crippen LogP contribution >= 0.6 is 0 Å².